The van der Waals surface area contributed by atoms with Crippen LogP contribution in [0.15, 0.2) is 48.5 Å². The number of carbonyl (C=O) groups is 3. The highest BCUT2D eigenvalue weighted by Crippen LogP contribution is 2.44. The lowest BCUT2D eigenvalue weighted by Crippen LogP contribution is -2.51. The number of hydrogen-bond donors (Lipinski definition) is 2. The fourth-order valence-electron chi connectivity index (χ4n) is 4.94. The van der Waals surface area contributed by atoms with Crippen LogP contribution in [0.4, 0.5) is 4.79 Å². The van der Waals surface area contributed by atoms with Gasteiger partial charge in [0.25, 0.3) is 0 Å². The number of nitrogens with zero attached hydrogens (tertiary/aromatic N) is 1. The zero-order valence-electron chi connectivity index (χ0n) is 19.5. The van der Waals surface area contributed by atoms with Gasteiger partial charge in [0.15, 0.2) is 0 Å². The molecule has 1 aliphatic carbocycles. The standard InChI is InChI=1S/C27H32N2O5/c1-2-19(14-25(30)29-15-18(16-29)8-7-13-26(31)32)28-27(33)34-17-24-22-11-5-3-9-20(22)21-10-4-6-12-23(21)24/h3-6,9-12,18-19,24H,2,7-8,13-17H2,1H3,(H,28,33)(H,31,32). The number of carboxylic acids is 1. The van der Waals surface area contributed by atoms with Crippen LogP contribution < -0.4 is 5.32 Å². The molecule has 0 radical (unpaired) electrons. The van der Waals surface area contributed by atoms with Gasteiger partial charge in [0.2, 0.25) is 5.91 Å². The van der Waals surface area contributed by atoms with Crippen molar-refractivity contribution < 1.29 is 24.2 Å². The summed E-state index contributed by atoms with van der Waals surface area (Å²) in [7, 11) is 0. The lowest BCUT2D eigenvalue weighted by Gasteiger charge is -2.40. The summed E-state index contributed by atoms with van der Waals surface area (Å²) in [4.78, 5) is 37.5. The number of likely N-dealkylation sites (tertiary alicyclic amines) is 1. The first-order chi connectivity index (χ1) is 16.5. The second-order valence-corrected chi connectivity index (χ2v) is 9.23. The minimum Gasteiger partial charge on any atom is -0.481 e. The number of nitrogens with one attached hydrogen (secondary N) is 1. The average Bonchev–Trinajstić information content (AvgIpc) is 3.12. The second-order valence-electron chi connectivity index (χ2n) is 9.23. The number of aliphatic carboxylic acids is 1. The van der Waals surface area contributed by atoms with Crippen LogP contribution >= 0.6 is 0 Å². The van der Waals surface area contributed by atoms with Gasteiger partial charge in [-0.25, -0.2) is 4.79 Å². The fourth-order valence-corrected chi connectivity index (χ4v) is 4.94. The van der Waals surface area contributed by atoms with E-state index in [1.807, 2.05) is 31.2 Å². The van der Waals surface area contributed by atoms with Crippen LogP contribution in [0.1, 0.15) is 56.1 Å². The van der Waals surface area contributed by atoms with Crippen LogP contribution in [0.3, 0.4) is 0 Å². The van der Waals surface area contributed by atoms with Gasteiger partial charge in [-0.3, -0.25) is 9.59 Å². The fraction of sp³-hybridized carbons (Fsp3) is 0.444. The quantitative estimate of drug-likeness (QED) is 0.543. The van der Waals surface area contributed by atoms with Crippen molar-refractivity contribution in [3.63, 3.8) is 0 Å². The molecule has 1 saturated heterocycles. The molecule has 0 bridgehead atoms. The highest BCUT2D eigenvalue weighted by Gasteiger charge is 2.32. The minimum atomic E-state index is -0.780. The van der Waals surface area contributed by atoms with E-state index in [0.717, 1.165) is 17.5 Å². The highest BCUT2D eigenvalue weighted by molar-refractivity contribution is 5.80. The van der Waals surface area contributed by atoms with Gasteiger partial charge in [-0.1, -0.05) is 55.5 Å². The van der Waals surface area contributed by atoms with E-state index in [-0.39, 0.29) is 37.3 Å². The lowest BCUT2D eigenvalue weighted by molar-refractivity contribution is -0.140. The Labute approximate surface area is 200 Å². The maximum absolute atomic E-state index is 12.6. The van der Waals surface area contributed by atoms with Gasteiger partial charge in [0, 0.05) is 37.9 Å². The van der Waals surface area contributed by atoms with Gasteiger partial charge >= 0.3 is 12.1 Å². The van der Waals surface area contributed by atoms with Crippen LogP contribution in [0.25, 0.3) is 11.1 Å². The Morgan fingerprint density at radius 3 is 2.26 bits per heavy atom. The molecule has 7 heteroatoms. The molecule has 1 fully saturated rings. The molecular formula is C27H32N2O5. The Kier molecular flexibility index (Phi) is 7.50. The smallest absolute Gasteiger partial charge is 0.407 e. The van der Waals surface area contributed by atoms with Gasteiger partial charge in [0.05, 0.1) is 0 Å². The van der Waals surface area contributed by atoms with Gasteiger partial charge in [-0.05, 0) is 47.4 Å². The third kappa shape index (κ3) is 5.41. The zero-order valence-corrected chi connectivity index (χ0v) is 19.5. The molecule has 1 atom stereocenters. The molecule has 0 saturated carbocycles. The molecule has 2 N–H and O–H groups in total. The molecule has 2 aliphatic rings. The molecule has 1 aliphatic heterocycles. The van der Waals surface area contributed by atoms with Crippen LogP contribution in [-0.2, 0) is 14.3 Å². The van der Waals surface area contributed by atoms with Crippen LogP contribution in [0, 0.1) is 5.92 Å². The summed E-state index contributed by atoms with van der Waals surface area (Å²) in [6.45, 7) is 3.51. The number of carbonyl (C=O) groups excluding carboxylic acids is 2. The SMILES string of the molecule is CCC(CC(=O)N1CC(CCCC(=O)O)C1)NC(=O)OCC1c2ccccc2-c2ccccc21. The van der Waals surface area contributed by atoms with E-state index < -0.39 is 12.1 Å². The number of carboxylic acid groups (broad SMARTS) is 1. The van der Waals surface area contributed by atoms with Crippen molar-refractivity contribution in [1.82, 2.24) is 10.2 Å². The number of rotatable bonds is 10. The number of ether oxygens (including phenoxy) is 1. The summed E-state index contributed by atoms with van der Waals surface area (Å²) in [5, 5.41) is 11.6. The number of alkyl carbamates (subject to hydrolysis) is 1. The first kappa shape index (κ1) is 23.8. The maximum atomic E-state index is 12.6. The van der Waals surface area contributed by atoms with Crippen LogP contribution in [-0.4, -0.2) is 53.7 Å². The molecule has 4 rings (SSSR count). The second kappa shape index (κ2) is 10.7. The molecule has 0 spiro atoms. The molecule has 0 aromatic heterocycles. The molecule has 2 amide bonds. The van der Waals surface area contributed by atoms with Crippen molar-refractivity contribution in [3.8, 4) is 11.1 Å². The number of benzene rings is 2. The normalized spacial score (nSPS) is 15.7. The molecule has 2 aromatic rings. The van der Waals surface area contributed by atoms with E-state index >= 15 is 0 Å². The molecule has 180 valence electrons. The third-order valence-electron chi connectivity index (χ3n) is 6.89. The topological polar surface area (TPSA) is 95.9 Å². The van der Waals surface area contributed by atoms with Crippen molar-refractivity contribution in [2.24, 2.45) is 5.92 Å². The predicted octanol–water partition coefficient (Wildman–Crippen LogP) is 4.41. The van der Waals surface area contributed by atoms with E-state index in [4.69, 9.17) is 9.84 Å². The third-order valence-corrected chi connectivity index (χ3v) is 6.89. The minimum absolute atomic E-state index is 0.000920. The van der Waals surface area contributed by atoms with E-state index in [0.29, 0.717) is 31.8 Å². The van der Waals surface area contributed by atoms with Crippen LogP contribution in [0.2, 0.25) is 0 Å². The van der Waals surface area contributed by atoms with Gasteiger partial charge in [-0.2, -0.15) is 0 Å². The summed E-state index contributed by atoms with van der Waals surface area (Å²) < 4.78 is 5.61. The molecule has 34 heavy (non-hydrogen) atoms. The molecule has 2 aromatic carbocycles. The first-order valence-corrected chi connectivity index (χ1v) is 12.1. The average molecular weight is 465 g/mol. The monoisotopic (exact) mass is 464 g/mol. The number of hydrogen-bond acceptors (Lipinski definition) is 4. The van der Waals surface area contributed by atoms with Crippen molar-refractivity contribution in [2.45, 2.75) is 51.0 Å². The number of fused-ring (bicyclic) bond motifs is 3. The van der Waals surface area contributed by atoms with Gasteiger partial charge < -0.3 is 20.1 Å². The van der Waals surface area contributed by atoms with Crippen molar-refractivity contribution in [2.75, 3.05) is 19.7 Å². The van der Waals surface area contributed by atoms with Gasteiger partial charge in [0.1, 0.15) is 6.61 Å². The van der Waals surface area contributed by atoms with Gasteiger partial charge in [-0.15, -0.1) is 0 Å². The van der Waals surface area contributed by atoms with E-state index in [1.165, 1.54) is 11.1 Å². The Bertz CT molecular complexity index is 1000. The summed E-state index contributed by atoms with van der Waals surface area (Å²) in [5.41, 5.74) is 4.68. The van der Waals surface area contributed by atoms with Crippen molar-refractivity contribution in [3.05, 3.63) is 59.7 Å². The predicted molar refractivity (Wildman–Crippen MR) is 128 cm³/mol. The van der Waals surface area contributed by atoms with Crippen molar-refractivity contribution in [1.29, 1.82) is 0 Å². The van der Waals surface area contributed by atoms with E-state index in [1.54, 1.807) is 4.90 Å². The summed E-state index contributed by atoms with van der Waals surface area (Å²) in [6, 6.07) is 16.1. The Morgan fingerprint density at radius 2 is 1.68 bits per heavy atom. The Morgan fingerprint density at radius 1 is 1.06 bits per heavy atom. The number of amides is 2. The molecule has 1 unspecified atom stereocenters. The summed E-state index contributed by atoms with van der Waals surface area (Å²) in [6.07, 6.45) is 2.01. The molecular weight excluding hydrogens is 432 g/mol. The van der Waals surface area contributed by atoms with E-state index in [2.05, 4.69) is 29.6 Å². The summed E-state index contributed by atoms with van der Waals surface area (Å²) >= 11 is 0. The van der Waals surface area contributed by atoms with Crippen molar-refractivity contribution >= 4 is 18.0 Å². The Hall–Kier alpha value is -3.35. The van der Waals surface area contributed by atoms with Crippen LogP contribution in [0.5, 0.6) is 0 Å². The lowest BCUT2D eigenvalue weighted by atomic mass is 9.93. The Balaban J connectivity index is 1.24. The van der Waals surface area contributed by atoms with E-state index in [9.17, 15) is 14.4 Å². The zero-order chi connectivity index (χ0) is 24.1. The highest BCUT2D eigenvalue weighted by atomic mass is 16.5. The molecule has 7 nitrogen and oxygen atoms in total. The first-order valence-electron chi connectivity index (χ1n) is 12.1. The maximum Gasteiger partial charge on any atom is 0.407 e. The largest absolute Gasteiger partial charge is 0.481 e. The molecule has 1 heterocycles. The summed E-state index contributed by atoms with van der Waals surface area (Å²) in [5.74, 6) is -0.393.